The Balaban J connectivity index is 1.99. The van der Waals surface area contributed by atoms with E-state index in [9.17, 15) is 9.90 Å². The quantitative estimate of drug-likeness (QED) is 0.676. The van der Waals surface area contributed by atoms with Gasteiger partial charge in [0.15, 0.2) is 0 Å². The minimum Gasteiger partial charge on any atom is -0.391 e. The van der Waals surface area contributed by atoms with Gasteiger partial charge < -0.3 is 15.3 Å². The van der Waals surface area contributed by atoms with Crippen LogP contribution in [0, 0.1) is 5.92 Å². The van der Waals surface area contributed by atoms with E-state index in [-0.39, 0.29) is 17.9 Å². The highest BCUT2D eigenvalue weighted by molar-refractivity contribution is 5.80. The van der Waals surface area contributed by atoms with E-state index in [2.05, 4.69) is 5.32 Å². The van der Waals surface area contributed by atoms with E-state index in [4.69, 9.17) is 0 Å². The minimum atomic E-state index is -0.397. The van der Waals surface area contributed by atoms with Crippen LogP contribution in [0.15, 0.2) is 0 Å². The van der Waals surface area contributed by atoms with Gasteiger partial charge in [-0.15, -0.1) is 0 Å². The van der Waals surface area contributed by atoms with Crippen molar-refractivity contribution >= 4 is 5.91 Å². The number of carbonyl (C=O) groups excluding carboxylic acids is 1. The molecule has 0 aromatic heterocycles. The van der Waals surface area contributed by atoms with Gasteiger partial charge in [-0.3, -0.25) is 4.79 Å². The third-order valence-corrected chi connectivity index (χ3v) is 3.55. The lowest BCUT2D eigenvalue weighted by Gasteiger charge is -2.29. The molecule has 0 aliphatic carbocycles. The predicted octanol–water partition coefficient (Wildman–Crippen LogP) is -0.0323. The zero-order chi connectivity index (χ0) is 10.8. The van der Waals surface area contributed by atoms with E-state index >= 15 is 0 Å². The molecule has 0 unspecified atom stereocenters. The molecule has 0 aromatic rings. The first-order chi connectivity index (χ1) is 7.20. The number of amides is 1. The number of nitrogens with zero attached hydrogens (tertiary/aromatic N) is 1. The summed E-state index contributed by atoms with van der Waals surface area (Å²) < 4.78 is 0. The molecule has 4 heteroatoms. The molecule has 15 heavy (non-hydrogen) atoms. The average molecular weight is 212 g/mol. The Hall–Kier alpha value is -0.610. The molecule has 0 aromatic carbocycles. The molecular weight excluding hydrogens is 192 g/mol. The number of carbonyl (C=O) groups is 1. The van der Waals surface area contributed by atoms with Crippen molar-refractivity contribution in [1.29, 1.82) is 0 Å². The molecule has 2 saturated heterocycles. The van der Waals surface area contributed by atoms with Crippen LogP contribution < -0.4 is 5.32 Å². The van der Waals surface area contributed by atoms with Crippen molar-refractivity contribution in [3.05, 3.63) is 0 Å². The lowest BCUT2D eigenvalue weighted by atomic mass is 10.1. The van der Waals surface area contributed by atoms with Crippen LogP contribution in [0.4, 0.5) is 0 Å². The molecule has 0 bridgehead atoms. The van der Waals surface area contributed by atoms with E-state index in [1.165, 1.54) is 0 Å². The molecule has 2 fully saturated rings. The largest absolute Gasteiger partial charge is 0.391 e. The van der Waals surface area contributed by atoms with Crippen LogP contribution in [0.3, 0.4) is 0 Å². The van der Waals surface area contributed by atoms with E-state index < -0.39 is 6.10 Å². The lowest BCUT2D eigenvalue weighted by Crippen LogP contribution is -2.44. The normalized spacial score (nSPS) is 33.3. The zero-order valence-electron chi connectivity index (χ0n) is 9.28. The molecule has 2 N–H and O–H groups in total. The van der Waals surface area contributed by atoms with Crippen LogP contribution in [0.2, 0.25) is 0 Å². The van der Waals surface area contributed by atoms with Gasteiger partial charge in [-0.1, -0.05) is 0 Å². The number of likely N-dealkylation sites (tertiary alicyclic amines) is 1. The smallest absolute Gasteiger partial charge is 0.227 e. The minimum absolute atomic E-state index is 0.0538. The summed E-state index contributed by atoms with van der Waals surface area (Å²) in [5, 5.41) is 12.8. The first kappa shape index (κ1) is 10.9. The highest BCUT2D eigenvalue weighted by atomic mass is 16.3. The van der Waals surface area contributed by atoms with Gasteiger partial charge in [0.25, 0.3) is 0 Å². The van der Waals surface area contributed by atoms with E-state index in [1.807, 2.05) is 4.90 Å². The maximum Gasteiger partial charge on any atom is 0.227 e. The number of aliphatic hydroxyl groups is 1. The second-order valence-corrected chi connectivity index (χ2v) is 4.67. The van der Waals surface area contributed by atoms with Crippen molar-refractivity contribution in [2.75, 3.05) is 19.6 Å². The zero-order valence-corrected chi connectivity index (χ0v) is 9.28. The fourth-order valence-electron chi connectivity index (χ4n) is 2.67. The third-order valence-electron chi connectivity index (χ3n) is 3.55. The molecule has 2 aliphatic rings. The second-order valence-electron chi connectivity index (χ2n) is 4.67. The summed E-state index contributed by atoms with van der Waals surface area (Å²) in [5.74, 6) is 0.382. The van der Waals surface area contributed by atoms with Crippen molar-refractivity contribution < 1.29 is 9.90 Å². The first-order valence-electron chi connectivity index (χ1n) is 5.89. The summed E-state index contributed by atoms with van der Waals surface area (Å²) >= 11 is 0. The molecule has 0 spiro atoms. The highest BCUT2D eigenvalue weighted by Crippen LogP contribution is 2.24. The summed E-state index contributed by atoms with van der Waals surface area (Å²) in [4.78, 5) is 14.0. The Morgan fingerprint density at radius 1 is 1.53 bits per heavy atom. The summed E-state index contributed by atoms with van der Waals surface area (Å²) in [6, 6.07) is 0.0538. The Bertz CT molecular complexity index is 237. The number of nitrogens with one attached hydrogen (secondary N) is 1. The molecule has 86 valence electrons. The molecule has 3 atom stereocenters. The molecule has 0 saturated carbocycles. The Morgan fingerprint density at radius 3 is 2.93 bits per heavy atom. The number of hydrogen-bond donors (Lipinski definition) is 2. The van der Waals surface area contributed by atoms with Crippen LogP contribution >= 0.6 is 0 Å². The van der Waals surface area contributed by atoms with Gasteiger partial charge in [0, 0.05) is 13.1 Å². The molecule has 4 nitrogen and oxygen atoms in total. The molecule has 2 aliphatic heterocycles. The maximum atomic E-state index is 12.1. The predicted molar refractivity (Wildman–Crippen MR) is 57.4 cm³/mol. The Kier molecular flexibility index (Phi) is 3.26. The van der Waals surface area contributed by atoms with Crippen molar-refractivity contribution in [2.45, 2.75) is 38.3 Å². The number of hydrogen-bond acceptors (Lipinski definition) is 3. The summed E-state index contributed by atoms with van der Waals surface area (Å²) in [7, 11) is 0. The van der Waals surface area contributed by atoms with Crippen molar-refractivity contribution in [1.82, 2.24) is 10.2 Å². The molecule has 2 rings (SSSR count). The molecular formula is C11H20N2O2. The fraction of sp³-hybridized carbons (Fsp3) is 0.909. The van der Waals surface area contributed by atoms with Crippen molar-refractivity contribution in [2.24, 2.45) is 5.92 Å². The van der Waals surface area contributed by atoms with E-state index in [1.54, 1.807) is 6.92 Å². The van der Waals surface area contributed by atoms with Gasteiger partial charge in [-0.05, 0) is 32.7 Å². The topological polar surface area (TPSA) is 52.6 Å². The first-order valence-corrected chi connectivity index (χ1v) is 5.89. The molecule has 1 amide bonds. The van der Waals surface area contributed by atoms with Crippen molar-refractivity contribution in [3.63, 3.8) is 0 Å². The van der Waals surface area contributed by atoms with Crippen LogP contribution in [0.5, 0.6) is 0 Å². The standard InChI is InChI=1S/C11H20N2O2/c1-8(14)10-3-2-6-13(10)11(15)9-4-5-12-7-9/h8-10,12,14H,2-7H2,1H3/t8-,9+,10+/m0/s1. The summed E-state index contributed by atoms with van der Waals surface area (Å²) in [5.41, 5.74) is 0. The third kappa shape index (κ3) is 2.16. The Labute approximate surface area is 90.6 Å². The van der Waals surface area contributed by atoms with E-state index in [0.717, 1.165) is 38.9 Å². The van der Waals surface area contributed by atoms with Gasteiger partial charge in [-0.25, -0.2) is 0 Å². The highest BCUT2D eigenvalue weighted by Gasteiger charge is 2.36. The van der Waals surface area contributed by atoms with E-state index in [0.29, 0.717) is 0 Å². The fourth-order valence-corrected chi connectivity index (χ4v) is 2.67. The summed E-state index contributed by atoms with van der Waals surface area (Å²) in [6.07, 6.45) is 2.53. The van der Waals surface area contributed by atoms with Gasteiger partial charge >= 0.3 is 0 Å². The van der Waals surface area contributed by atoms with Crippen molar-refractivity contribution in [3.8, 4) is 0 Å². The van der Waals surface area contributed by atoms with Crippen LogP contribution in [-0.4, -0.2) is 47.7 Å². The van der Waals surface area contributed by atoms with Crippen LogP contribution in [0.1, 0.15) is 26.2 Å². The number of aliphatic hydroxyl groups excluding tert-OH is 1. The van der Waals surface area contributed by atoms with Gasteiger partial charge in [-0.2, -0.15) is 0 Å². The SMILES string of the molecule is C[C@H](O)[C@H]1CCCN1C(=O)[C@@H]1CCNC1. The van der Waals surface area contributed by atoms with Gasteiger partial charge in [0.2, 0.25) is 5.91 Å². The molecule has 0 radical (unpaired) electrons. The lowest BCUT2D eigenvalue weighted by molar-refractivity contribution is -0.137. The Morgan fingerprint density at radius 2 is 2.33 bits per heavy atom. The number of rotatable bonds is 2. The van der Waals surface area contributed by atoms with Crippen LogP contribution in [0.25, 0.3) is 0 Å². The second kappa shape index (κ2) is 4.49. The maximum absolute atomic E-state index is 12.1. The summed E-state index contributed by atoms with van der Waals surface area (Å²) in [6.45, 7) is 4.36. The average Bonchev–Trinajstić information content (AvgIpc) is 2.88. The molecule has 2 heterocycles. The van der Waals surface area contributed by atoms with Gasteiger partial charge in [0.05, 0.1) is 18.1 Å². The van der Waals surface area contributed by atoms with Gasteiger partial charge in [0.1, 0.15) is 0 Å². The monoisotopic (exact) mass is 212 g/mol. The van der Waals surface area contributed by atoms with Crippen LogP contribution in [-0.2, 0) is 4.79 Å².